The maximum Gasteiger partial charge on any atom is 0.337 e. The Kier molecular flexibility index (Phi) is 4.21. The van der Waals surface area contributed by atoms with E-state index in [2.05, 4.69) is 17.1 Å². The van der Waals surface area contributed by atoms with E-state index in [1.165, 1.54) is 7.11 Å². The molecule has 0 N–H and O–H groups in total. The summed E-state index contributed by atoms with van der Waals surface area (Å²) in [6.45, 7) is 2.07. The molecule has 1 aromatic carbocycles. The van der Waals surface area contributed by atoms with E-state index >= 15 is 0 Å². The number of thioether (sulfide) groups is 1. The number of carbonyl (C=O) groups excluding carboxylic acids is 1. The second-order valence-corrected chi connectivity index (χ2v) is 5.41. The lowest BCUT2D eigenvalue weighted by Crippen LogP contribution is -2.02. The lowest BCUT2D eigenvalue weighted by atomic mass is 10.1. The molecule has 1 atom stereocenters. The molecule has 0 aliphatic heterocycles. The first-order valence-corrected chi connectivity index (χ1v) is 6.68. The topological polar surface area (TPSA) is 57.0 Å². The van der Waals surface area contributed by atoms with Crippen LogP contribution < -0.4 is 0 Å². The monoisotopic (exact) mass is 277 g/mol. The van der Waals surface area contributed by atoms with Crippen molar-refractivity contribution in [2.24, 2.45) is 7.05 Å². The summed E-state index contributed by atoms with van der Waals surface area (Å²) in [7, 11) is 3.28. The summed E-state index contributed by atoms with van der Waals surface area (Å²) in [4.78, 5) is 11.5. The SMILES string of the molecule is COC(=O)c1cccc(C(C)Sc2nncn2C)c1. The summed E-state index contributed by atoms with van der Waals surface area (Å²) < 4.78 is 6.59. The molecule has 0 radical (unpaired) electrons. The lowest BCUT2D eigenvalue weighted by molar-refractivity contribution is 0.0600. The molecule has 2 rings (SSSR count). The molecule has 0 fully saturated rings. The minimum absolute atomic E-state index is 0.174. The first-order chi connectivity index (χ1) is 9.11. The van der Waals surface area contributed by atoms with Crippen LogP contribution in [0.1, 0.15) is 28.1 Å². The Hall–Kier alpha value is -1.82. The fraction of sp³-hybridized carbons (Fsp3) is 0.308. The molecule has 1 aromatic heterocycles. The zero-order chi connectivity index (χ0) is 13.8. The Morgan fingerprint density at radius 3 is 2.89 bits per heavy atom. The third kappa shape index (κ3) is 3.14. The van der Waals surface area contributed by atoms with Gasteiger partial charge in [-0.15, -0.1) is 10.2 Å². The number of aromatic nitrogens is 3. The number of hydrogen-bond acceptors (Lipinski definition) is 5. The Bertz CT molecular complexity index is 583. The fourth-order valence-electron chi connectivity index (χ4n) is 1.64. The molecule has 2 aromatic rings. The van der Waals surface area contributed by atoms with Crippen LogP contribution in [0.2, 0.25) is 0 Å². The van der Waals surface area contributed by atoms with E-state index in [9.17, 15) is 4.79 Å². The van der Waals surface area contributed by atoms with Crippen molar-refractivity contribution in [1.82, 2.24) is 14.8 Å². The summed E-state index contributed by atoms with van der Waals surface area (Å²) in [5.74, 6) is -0.322. The van der Waals surface area contributed by atoms with Crippen molar-refractivity contribution in [3.63, 3.8) is 0 Å². The number of aryl methyl sites for hydroxylation is 1. The number of nitrogens with zero attached hydrogens (tertiary/aromatic N) is 3. The Labute approximate surface area is 116 Å². The van der Waals surface area contributed by atoms with Gasteiger partial charge in [0.2, 0.25) is 0 Å². The van der Waals surface area contributed by atoms with Gasteiger partial charge in [-0.1, -0.05) is 23.9 Å². The third-order valence-corrected chi connectivity index (χ3v) is 3.94. The third-order valence-electron chi connectivity index (χ3n) is 2.73. The van der Waals surface area contributed by atoms with E-state index in [4.69, 9.17) is 4.74 Å². The van der Waals surface area contributed by atoms with Crippen molar-refractivity contribution >= 4 is 17.7 Å². The molecule has 100 valence electrons. The molecule has 5 nitrogen and oxygen atoms in total. The van der Waals surface area contributed by atoms with Gasteiger partial charge in [0.15, 0.2) is 5.16 Å². The largest absolute Gasteiger partial charge is 0.465 e. The zero-order valence-corrected chi connectivity index (χ0v) is 11.8. The summed E-state index contributed by atoms with van der Waals surface area (Å²) in [5.41, 5.74) is 1.61. The molecule has 1 unspecified atom stereocenters. The number of methoxy groups -OCH3 is 1. The van der Waals surface area contributed by atoms with Gasteiger partial charge in [0, 0.05) is 12.3 Å². The molecule has 0 saturated carbocycles. The Balaban J connectivity index is 2.17. The number of rotatable bonds is 4. The molecule has 0 amide bonds. The van der Waals surface area contributed by atoms with Crippen molar-refractivity contribution in [2.45, 2.75) is 17.3 Å². The quantitative estimate of drug-likeness (QED) is 0.634. The van der Waals surface area contributed by atoms with Gasteiger partial charge in [0.1, 0.15) is 6.33 Å². The van der Waals surface area contributed by atoms with E-state index in [-0.39, 0.29) is 11.2 Å². The predicted molar refractivity (Wildman–Crippen MR) is 73.1 cm³/mol. The van der Waals surface area contributed by atoms with Crippen LogP contribution in [0.15, 0.2) is 35.7 Å². The molecular formula is C13H15N3O2S. The van der Waals surface area contributed by atoms with Crippen LogP contribution in [0.4, 0.5) is 0 Å². The highest BCUT2D eigenvalue weighted by molar-refractivity contribution is 7.99. The molecule has 6 heteroatoms. The number of carbonyl (C=O) groups is 1. The van der Waals surface area contributed by atoms with E-state index < -0.39 is 0 Å². The summed E-state index contributed by atoms with van der Waals surface area (Å²) in [5, 5.41) is 8.90. The first kappa shape index (κ1) is 13.6. The van der Waals surface area contributed by atoms with Gasteiger partial charge in [-0.2, -0.15) is 0 Å². The molecule has 19 heavy (non-hydrogen) atoms. The molecular weight excluding hydrogens is 262 g/mol. The second kappa shape index (κ2) is 5.88. The number of esters is 1. The van der Waals surface area contributed by atoms with Gasteiger partial charge < -0.3 is 9.30 Å². The van der Waals surface area contributed by atoms with Crippen molar-refractivity contribution < 1.29 is 9.53 Å². The van der Waals surface area contributed by atoms with Crippen LogP contribution in [-0.2, 0) is 11.8 Å². The van der Waals surface area contributed by atoms with Crippen LogP contribution in [0.5, 0.6) is 0 Å². The average Bonchev–Trinajstić information content (AvgIpc) is 2.83. The highest BCUT2D eigenvalue weighted by Gasteiger charge is 2.13. The molecule has 0 saturated heterocycles. The van der Waals surface area contributed by atoms with E-state index in [0.29, 0.717) is 5.56 Å². The second-order valence-electron chi connectivity index (χ2n) is 4.10. The Morgan fingerprint density at radius 2 is 2.26 bits per heavy atom. The summed E-state index contributed by atoms with van der Waals surface area (Å²) in [6, 6.07) is 7.44. The van der Waals surface area contributed by atoms with Gasteiger partial charge in [-0.3, -0.25) is 0 Å². The minimum Gasteiger partial charge on any atom is -0.465 e. The maximum absolute atomic E-state index is 11.5. The first-order valence-electron chi connectivity index (χ1n) is 5.80. The summed E-state index contributed by atoms with van der Waals surface area (Å²) >= 11 is 1.60. The van der Waals surface area contributed by atoms with Crippen LogP contribution in [0.3, 0.4) is 0 Å². The van der Waals surface area contributed by atoms with Crippen molar-refractivity contribution in [1.29, 1.82) is 0 Å². The van der Waals surface area contributed by atoms with Gasteiger partial charge in [0.25, 0.3) is 0 Å². The van der Waals surface area contributed by atoms with E-state index in [1.54, 1.807) is 24.2 Å². The van der Waals surface area contributed by atoms with E-state index in [1.807, 2.05) is 29.8 Å². The summed E-state index contributed by atoms with van der Waals surface area (Å²) in [6.07, 6.45) is 1.67. The molecule has 0 bridgehead atoms. The van der Waals surface area contributed by atoms with Crippen molar-refractivity contribution in [2.75, 3.05) is 7.11 Å². The van der Waals surface area contributed by atoms with Crippen LogP contribution >= 0.6 is 11.8 Å². The van der Waals surface area contributed by atoms with Crippen LogP contribution in [0.25, 0.3) is 0 Å². The van der Waals surface area contributed by atoms with E-state index in [0.717, 1.165) is 10.7 Å². The normalized spacial score (nSPS) is 12.2. The molecule has 1 heterocycles. The minimum atomic E-state index is -0.322. The standard InChI is InChI=1S/C13H15N3O2S/c1-9(19-13-15-14-8-16(13)2)10-5-4-6-11(7-10)12(17)18-3/h4-9H,1-3H3. The average molecular weight is 277 g/mol. The number of benzene rings is 1. The zero-order valence-electron chi connectivity index (χ0n) is 11.0. The lowest BCUT2D eigenvalue weighted by Gasteiger charge is -2.11. The van der Waals surface area contributed by atoms with Crippen molar-refractivity contribution in [3.8, 4) is 0 Å². The number of ether oxygens (including phenoxy) is 1. The van der Waals surface area contributed by atoms with Gasteiger partial charge in [-0.25, -0.2) is 4.79 Å². The predicted octanol–water partition coefficient (Wildman–Crippen LogP) is 2.46. The van der Waals surface area contributed by atoms with Crippen LogP contribution in [-0.4, -0.2) is 27.8 Å². The highest BCUT2D eigenvalue weighted by Crippen LogP contribution is 2.33. The van der Waals surface area contributed by atoms with Gasteiger partial charge >= 0.3 is 5.97 Å². The van der Waals surface area contributed by atoms with Crippen LogP contribution in [0, 0.1) is 0 Å². The molecule has 0 spiro atoms. The van der Waals surface area contributed by atoms with Crippen molar-refractivity contribution in [3.05, 3.63) is 41.7 Å². The van der Waals surface area contributed by atoms with Gasteiger partial charge in [-0.05, 0) is 24.6 Å². The molecule has 0 aliphatic carbocycles. The maximum atomic E-state index is 11.5. The number of hydrogen-bond donors (Lipinski definition) is 0. The smallest absolute Gasteiger partial charge is 0.337 e. The molecule has 0 aliphatic rings. The highest BCUT2D eigenvalue weighted by atomic mass is 32.2. The Morgan fingerprint density at radius 1 is 1.47 bits per heavy atom. The fourth-order valence-corrected chi connectivity index (χ4v) is 2.55. The van der Waals surface area contributed by atoms with Gasteiger partial charge in [0.05, 0.1) is 12.7 Å².